The Morgan fingerprint density at radius 2 is 2.17 bits per heavy atom. The van der Waals surface area contributed by atoms with Gasteiger partial charge in [0, 0.05) is 42.3 Å². The van der Waals surface area contributed by atoms with E-state index in [0.717, 1.165) is 42.3 Å². The second kappa shape index (κ2) is 8.26. The molecular formula is C22H23N3O2S2. The number of carbonyl (C=O) groups is 1. The molecule has 0 N–H and O–H groups in total. The molecule has 0 saturated carbocycles. The molecule has 2 aliphatic heterocycles. The molecule has 5 nitrogen and oxygen atoms in total. The second-order valence-electron chi connectivity index (χ2n) is 7.56. The number of fused-ring (bicyclic) bond motifs is 1. The number of nitrogens with zero attached hydrogens (tertiary/aromatic N) is 3. The SMILES string of the molecule is O=C(CN1Cc2ccccc2OC(c2ccsc2)C1)N1CCCC1c1nccs1. The van der Waals surface area contributed by atoms with Gasteiger partial charge in [-0.2, -0.15) is 11.3 Å². The standard InChI is InChI=1S/C22H23N3O2S2/c26-21(25-9-3-5-18(25)22-23-8-11-29-22)14-24-12-16-4-1-2-6-19(16)27-20(13-24)17-7-10-28-15-17/h1-2,4,6-8,10-11,15,18,20H,3,5,9,12-14H2. The van der Waals surface area contributed by atoms with Crippen LogP contribution in [0.5, 0.6) is 5.75 Å². The quantitative estimate of drug-likeness (QED) is 0.617. The number of ether oxygens (including phenoxy) is 1. The third-order valence-electron chi connectivity index (χ3n) is 5.64. The molecule has 1 amide bonds. The number of hydrogen-bond donors (Lipinski definition) is 0. The zero-order valence-corrected chi connectivity index (χ0v) is 17.7. The predicted octanol–water partition coefficient (Wildman–Crippen LogP) is 4.50. The number of amides is 1. The van der Waals surface area contributed by atoms with Crippen LogP contribution in [0.4, 0.5) is 0 Å². The van der Waals surface area contributed by atoms with Crippen molar-refractivity contribution in [3.8, 4) is 5.75 Å². The maximum absolute atomic E-state index is 13.3. The summed E-state index contributed by atoms with van der Waals surface area (Å²) in [5.74, 6) is 1.10. The molecule has 0 aliphatic carbocycles. The van der Waals surface area contributed by atoms with Crippen LogP contribution >= 0.6 is 22.7 Å². The van der Waals surface area contributed by atoms with Gasteiger partial charge in [-0.05, 0) is 35.7 Å². The lowest BCUT2D eigenvalue weighted by Gasteiger charge is -2.28. The summed E-state index contributed by atoms with van der Waals surface area (Å²) in [5.41, 5.74) is 2.31. The number of aromatic nitrogens is 1. The molecule has 150 valence electrons. The summed E-state index contributed by atoms with van der Waals surface area (Å²) in [7, 11) is 0. The van der Waals surface area contributed by atoms with E-state index in [-0.39, 0.29) is 18.1 Å². The molecule has 2 atom stereocenters. The molecule has 4 heterocycles. The fourth-order valence-corrected chi connectivity index (χ4v) is 5.72. The van der Waals surface area contributed by atoms with Crippen LogP contribution < -0.4 is 4.74 Å². The molecule has 2 unspecified atom stereocenters. The molecule has 3 aromatic rings. The van der Waals surface area contributed by atoms with E-state index in [9.17, 15) is 4.79 Å². The van der Waals surface area contributed by atoms with Gasteiger partial charge in [0.1, 0.15) is 16.9 Å². The van der Waals surface area contributed by atoms with Crippen molar-refractivity contribution >= 4 is 28.6 Å². The van der Waals surface area contributed by atoms with Crippen molar-refractivity contribution in [2.45, 2.75) is 31.5 Å². The first-order valence-corrected chi connectivity index (χ1v) is 11.8. The third-order valence-corrected chi connectivity index (χ3v) is 7.22. The molecule has 7 heteroatoms. The average molecular weight is 426 g/mol. The molecule has 0 spiro atoms. The minimum atomic E-state index is -0.0639. The molecule has 1 saturated heterocycles. The number of para-hydroxylation sites is 1. The fraction of sp³-hybridized carbons (Fsp3) is 0.364. The number of thiazole rings is 1. The van der Waals surface area contributed by atoms with Crippen LogP contribution in [0.2, 0.25) is 0 Å². The Hall–Kier alpha value is -2.22. The number of benzene rings is 1. The first-order chi connectivity index (χ1) is 14.3. The van der Waals surface area contributed by atoms with Gasteiger partial charge in [-0.3, -0.25) is 9.69 Å². The Labute approximate surface area is 178 Å². The van der Waals surface area contributed by atoms with Gasteiger partial charge in [0.05, 0.1) is 12.6 Å². The van der Waals surface area contributed by atoms with Gasteiger partial charge in [0.15, 0.2) is 0 Å². The van der Waals surface area contributed by atoms with Crippen LogP contribution in [-0.4, -0.2) is 40.3 Å². The Kier molecular flexibility index (Phi) is 5.35. The van der Waals surface area contributed by atoms with Gasteiger partial charge in [-0.1, -0.05) is 18.2 Å². The minimum Gasteiger partial charge on any atom is -0.484 e. The normalized spacial score (nSPS) is 22.1. The van der Waals surface area contributed by atoms with Crippen LogP contribution in [0, 0.1) is 0 Å². The minimum absolute atomic E-state index is 0.0639. The summed E-state index contributed by atoms with van der Waals surface area (Å²) < 4.78 is 6.35. The fourth-order valence-electron chi connectivity index (χ4n) is 4.24. The Morgan fingerprint density at radius 3 is 3.00 bits per heavy atom. The van der Waals surface area contributed by atoms with Crippen molar-refractivity contribution in [3.05, 3.63) is 68.8 Å². The van der Waals surface area contributed by atoms with Crippen LogP contribution in [-0.2, 0) is 11.3 Å². The zero-order chi connectivity index (χ0) is 19.6. The Morgan fingerprint density at radius 1 is 1.24 bits per heavy atom. The number of hydrogen-bond acceptors (Lipinski definition) is 6. The zero-order valence-electron chi connectivity index (χ0n) is 16.1. The highest BCUT2D eigenvalue weighted by atomic mass is 32.1. The second-order valence-corrected chi connectivity index (χ2v) is 9.26. The van der Waals surface area contributed by atoms with Crippen LogP contribution in [0.25, 0.3) is 0 Å². The van der Waals surface area contributed by atoms with Crippen molar-refractivity contribution in [1.82, 2.24) is 14.8 Å². The Balaban J connectivity index is 1.36. The van der Waals surface area contributed by atoms with E-state index in [0.29, 0.717) is 13.1 Å². The number of likely N-dealkylation sites (tertiary alicyclic amines) is 1. The number of rotatable bonds is 4. The molecule has 2 aliphatic rings. The maximum atomic E-state index is 13.3. The van der Waals surface area contributed by atoms with Crippen LogP contribution in [0.3, 0.4) is 0 Å². The lowest BCUT2D eigenvalue weighted by molar-refractivity contribution is -0.133. The average Bonchev–Trinajstić information content (AvgIpc) is 3.48. The number of thiophene rings is 1. The molecule has 0 bridgehead atoms. The van der Waals surface area contributed by atoms with E-state index in [1.54, 1.807) is 22.7 Å². The van der Waals surface area contributed by atoms with E-state index in [2.05, 4.69) is 32.8 Å². The lowest BCUT2D eigenvalue weighted by atomic mass is 10.2. The molecule has 1 aromatic carbocycles. The number of carbonyl (C=O) groups excluding carboxylic acids is 1. The predicted molar refractivity (Wildman–Crippen MR) is 115 cm³/mol. The first kappa shape index (κ1) is 18.8. The van der Waals surface area contributed by atoms with Crippen LogP contribution in [0.15, 0.2) is 52.7 Å². The highest BCUT2D eigenvalue weighted by molar-refractivity contribution is 7.09. The monoisotopic (exact) mass is 425 g/mol. The third kappa shape index (κ3) is 3.95. The van der Waals surface area contributed by atoms with E-state index in [1.165, 1.54) is 5.56 Å². The van der Waals surface area contributed by atoms with E-state index >= 15 is 0 Å². The molecule has 1 fully saturated rings. The van der Waals surface area contributed by atoms with Crippen molar-refractivity contribution in [1.29, 1.82) is 0 Å². The van der Waals surface area contributed by atoms with Gasteiger partial charge in [0.25, 0.3) is 0 Å². The summed E-state index contributed by atoms with van der Waals surface area (Å²) in [4.78, 5) is 22.0. The smallest absolute Gasteiger partial charge is 0.237 e. The molecule has 5 rings (SSSR count). The molecule has 29 heavy (non-hydrogen) atoms. The highest BCUT2D eigenvalue weighted by Crippen LogP contribution is 2.34. The summed E-state index contributed by atoms with van der Waals surface area (Å²) in [6, 6.07) is 10.4. The maximum Gasteiger partial charge on any atom is 0.237 e. The van der Waals surface area contributed by atoms with Crippen molar-refractivity contribution < 1.29 is 9.53 Å². The summed E-state index contributed by atoms with van der Waals surface area (Å²) >= 11 is 3.32. The summed E-state index contributed by atoms with van der Waals surface area (Å²) in [6.45, 7) is 2.64. The lowest BCUT2D eigenvalue weighted by Crippen LogP contribution is -2.41. The van der Waals surface area contributed by atoms with E-state index in [1.807, 2.05) is 34.7 Å². The van der Waals surface area contributed by atoms with Crippen LogP contribution in [0.1, 0.15) is 41.1 Å². The largest absolute Gasteiger partial charge is 0.484 e. The van der Waals surface area contributed by atoms with Gasteiger partial charge >= 0.3 is 0 Å². The summed E-state index contributed by atoms with van der Waals surface area (Å²) in [6.07, 6.45) is 3.81. The van der Waals surface area contributed by atoms with E-state index < -0.39 is 0 Å². The molecule has 2 aromatic heterocycles. The molecular weight excluding hydrogens is 402 g/mol. The first-order valence-electron chi connectivity index (χ1n) is 9.96. The van der Waals surface area contributed by atoms with E-state index in [4.69, 9.17) is 4.74 Å². The Bertz CT molecular complexity index is 958. The van der Waals surface area contributed by atoms with Crippen molar-refractivity contribution in [3.63, 3.8) is 0 Å². The van der Waals surface area contributed by atoms with Gasteiger partial charge in [-0.15, -0.1) is 11.3 Å². The van der Waals surface area contributed by atoms with Gasteiger partial charge in [-0.25, -0.2) is 4.98 Å². The van der Waals surface area contributed by atoms with Crippen molar-refractivity contribution in [2.24, 2.45) is 0 Å². The molecule has 0 radical (unpaired) electrons. The van der Waals surface area contributed by atoms with Crippen molar-refractivity contribution in [2.75, 3.05) is 19.6 Å². The topological polar surface area (TPSA) is 45.7 Å². The van der Waals surface area contributed by atoms with Gasteiger partial charge < -0.3 is 9.64 Å². The highest BCUT2D eigenvalue weighted by Gasteiger charge is 2.33. The summed E-state index contributed by atoms with van der Waals surface area (Å²) in [5, 5.41) is 7.26. The van der Waals surface area contributed by atoms with Gasteiger partial charge in [0.2, 0.25) is 5.91 Å².